The lowest BCUT2D eigenvalue weighted by molar-refractivity contribution is -0.145. The molecule has 1 aliphatic heterocycles. The number of thioether (sulfide) groups is 1. The van der Waals surface area contributed by atoms with Crippen LogP contribution in [-0.4, -0.2) is 55.5 Å². The van der Waals surface area contributed by atoms with Crippen LogP contribution >= 0.6 is 11.8 Å². The highest BCUT2D eigenvalue weighted by Crippen LogP contribution is 2.35. The summed E-state index contributed by atoms with van der Waals surface area (Å²) in [6.45, 7) is 7.07. The highest BCUT2D eigenvalue weighted by Gasteiger charge is 2.30. The fourth-order valence-corrected chi connectivity index (χ4v) is 4.96. The Balaban J connectivity index is 1.50. The second kappa shape index (κ2) is 12.7. The molecule has 1 aromatic heterocycles. The van der Waals surface area contributed by atoms with Crippen LogP contribution in [0.15, 0.2) is 51.9 Å². The van der Waals surface area contributed by atoms with E-state index < -0.39 is 17.7 Å². The average molecular weight is 551 g/mol. The van der Waals surface area contributed by atoms with Crippen LogP contribution in [0.3, 0.4) is 0 Å². The van der Waals surface area contributed by atoms with Gasteiger partial charge in [-0.3, -0.25) is 4.90 Å². The lowest BCUT2D eigenvalue weighted by atomic mass is 10.0. The summed E-state index contributed by atoms with van der Waals surface area (Å²) in [5.74, 6) is 1.15. The second-order valence-electron chi connectivity index (χ2n) is 8.71. The van der Waals surface area contributed by atoms with Gasteiger partial charge in [-0.25, -0.2) is 4.79 Å². The quantitative estimate of drug-likeness (QED) is 0.234. The van der Waals surface area contributed by atoms with Gasteiger partial charge in [0.25, 0.3) is 0 Å². The van der Waals surface area contributed by atoms with Gasteiger partial charge < -0.3 is 18.7 Å². The molecule has 11 heteroatoms. The Morgan fingerprint density at radius 3 is 2.53 bits per heavy atom. The molecule has 0 amide bonds. The number of aryl methyl sites for hydroxylation is 1. The summed E-state index contributed by atoms with van der Waals surface area (Å²) in [6, 6.07) is 10.6. The van der Waals surface area contributed by atoms with Gasteiger partial charge in [-0.15, -0.1) is 11.8 Å². The van der Waals surface area contributed by atoms with Gasteiger partial charge in [0.05, 0.1) is 31.1 Å². The zero-order valence-corrected chi connectivity index (χ0v) is 22.0. The number of aromatic nitrogens is 1. The maximum Gasteiger partial charge on any atom is 0.416 e. The third-order valence-electron chi connectivity index (χ3n) is 6.00. The first-order chi connectivity index (χ1) is 18.2. The zero-order chi connectivity index (χ0) is 27.1. The number of rotatable bonds is 10. The van der Waals surface area contributed by atoms with Crippen LogP contribution in [0.5, 0.6) is 5.75 Å². The molecule has 0 bridgehead atoms. The third kappa shape index (κ3) is 7.30. The van der Waals surface area contributed by atoms with Crippen LogP contribution in [0.1, 0.15) is 29.3 Å². The Hall–Kier alpha value is -3.02. The number of morpholine rings is 1. The van der Waals surface area contributed by atoms with Gasteiger partial charge in [0, 0.05) is 41.4 Å². The Labute approximate surface area is 223 Å². The van der Waals surface area contributed by atoms with Crippen molar-refractivity contribution in [1.29, 1.82) is 0 Å². The van der Waals surface area contributed by atoms with E-state index in [9.17, 15) is 18.0 Å². The standard InChI is InChI=1S/C27H29F3N2O5S/c1-3-35-25(33)16-36-24-9-8-21(14-18(24)2)38-17-23-22(15-32-10-12-34-13-11-32)26(37-31-23)19-4-6-20(7-5-19)27(28,29)30/h4-9,14H,3,10-13,15-17H2,1-2H3. The first-order valence-corrected chi connectivity index (χ1v) is 13.2. The summed E-state index contributed by atoms with van der Waals surface area (Å²) < 4.78 is 60.7. The van der Waals surface area contributed by atoms with E-state index in [0.29, 0.717) is 49.2 Å². The molecular formula is C27H29F3N2O5S. The van der Waals surface area contributed by atoms with Gasteiger partial charge in [-0.2, -0.15) is 13.2 Å². The minimum Gasteiger partial charge on any atom is -0.482 e. The Kier molecular flexibility index (Phi) is 9.35. The number of hydrogen-bond acceptors (Lipinski definition) is 8. The van der Waals surface area contributed by atoms with Crippen molar-refractivity contribution in [2.45, 2.75) is 37.2 Å². The molecule has 204 valence electrons. The van der Waals surface area contributed by atoms with Crippen LogP contribution in [0.25, 0.3) is 11.3 Å². The van der Waals surface area contributed by atoms with Crippen molar-refractivity contribution in [3.63, 3.8) is 0 Å². The van der Waals surface area contributed by atoms with Crippen molar-refractivity contribution >= 4 is 17.7 Å². The summed E-state index contributed by atoms with van der Waals surface area (Å²) in [6.07, 6.45) is -4.41. The minimum absolute atomic E-state index is 0.155. The molecule has 0 N–H and O–H groups in total. The maximum absolute atomic E-state index is 13.1. The molecule has 1 saturated heterocycles. The molecule has 3 aromatic rings. The highest BCUT2D eigenvalue weighted by atomic mass is 32.2. The van der Waals surface area contributed by atoms with Crippen molar-refractivity contribution in [1.82, 2.24) is 10.1 Å². The van der Waals surface area contributed by atoms with Crippen molar-refractivity contribution in [2.75, 3.05) is 39.5 Å². The van der Waals surface area contributed by atoms with Crippen molar-refractivity contribution in [3.05, 3.63) is 64.8 Å². The van der Waals surface area contributed by atoms with Crippen LogP contribution < -0.4 is 4.74 Å². The molecular weight excluding hydrogens is 521 g/mol. The lowest BCUT2D eigenvalue weighted by Crippen LogP contribution is -2.35. The summed E-state index contributed by atoms with van der Waals surface area (Å²) >= 11 is 1.56. The number of nitrogens with zero attached hydrogens (tertiary/aromatic N) is 2. The van der Waals surface area contributed by atoms with E-state index in [1.165, 1.54) is 12.1 Å². The molecule has 1 aliphatic rings. The van der Waals surface area contributed by atoms with Crippen molar-refractivity contribution in [3.8, 4) is 17.1 Å². The molecule has 0 saturated carbocycles. The molecule has 0 atom stereocenters. The first kappa shape index (κ1) is 28.0. The summed E-state index contributed by atoms with van der Waals surface area (Å²) in [5, 5.41) is 4.30. The van der Waals surface area contributed by atoms with E-state index in [0.717, 1.165) is 46.9 Å². The SMILES string of the molecule is CCOC(=O)COc1ccc(SCc2noc(-c3ccc(C(F)(F)F)cc3)c2CN2CCOCC2)cc1C. The molecule has 0 spiro atoms. The molecule has 0 aliphatic carbocycles. The van der Waals surface area contributed by atoms with E-state index in [1.54, 1.807) is 18.7 Å². The first-order valence-electron chi connectivity index (χ1n) is 12.2. The fraction of sp³-hybridized carbons (Fsp3) is 0.407. The molecule has 2 aromatic carbocycles. The number of alkyl halides is 3. The Bertz CT molecular complexity index is 1220. The van der Waals surface area contributed by atoms with Crippen LogP contribution in [-0.2, 0) is 32.7 Å². The predicted octanol–water partition coefficient (Wildman–Crippen LogP) is 5.74. The summed E-state index contributed by atoms with van der Waals surface area (Å²) in [7, 11) is 0. The largest absolute Gasteiger partial charge is 0.482 e. The number of benzene rings is 2. The van der Waals surface area contributed by atoms with Crippen LogP contribution in [0.2, 0.25) is 0 Å². The monoisotopic (exact) mass is 550 g/mol. The van der Waals surface area contributed by atoms with Gasteiger partial charge in [-0.1, -0.05) is 17.3 Å². The fourth-order valence-electron chi connectivity index (χ4n) is 4.00. The average Bonchev–Trinajstić information content (AvgIpc) is 3.29. The summed E-state index contributed by atoms with van der Waals surface area (Å²) in [4.78, 5) is 14.8. The topological polar surface area (TPSA) is 74.0 Å². The molecule has 2 heterocycles. The molecule has 7 nitrogen and oxygen atoms in total. The number of halogens is 3. The van der Waals surface area contributed by atoms with Gasteiger partial charge in [0.2, 0.25) is 0 Å². The molecule has 4 rings (SSSR count). The third-order valence-corrected chi connectivity index (χ3v) is 7.01. The molecule has 0 unspecified atom stereocenters. The number of esters is 1. The van der Waals surface area contributed by atoms with Gasteiger partial charge >= 0.3 is 12.1 Å². The minimum atomic E-state index is -4.41. The lowest BCUT2D eigenvalue weighted by Gasteiger charge is -2.26. The Morgan fingerprint density at radius 1 is 1.13 bits per heavy atom. The van der Waals surface area contributed by atoms with E-state index in [1.807, 2.05) is 25.1 Å². The van der Waals surface area contributed by atoms with Crippen molar-refractivity contribution < 1.29 is 36.7 Å². The normalized spacial score (nSPS) is 14.4. The maximum atomic E-state index is 13.1. The summed E-state index contributed by atoms with van der Waals surface area (Å²) in [5.41, 5.74) is 2.29. The number of hydrogen-bond donors (Lipinski definition) is 0. The number of ether oxygens (including phenoxy) is 3. The van der Waals surface area contributed by atoms with E-state index in [2.05, 4.69) is 10.1 Å². The highest BCUT2D eigenvalue weighted by molar-refractivity contribution is 7.98. The van der Waals surface area contributed by atoms with Crippen LogP contribution in [0, 0.1) is 6.92 Å². The van der Waals surface area contributed by atoms with E-state index in [-0.39, 0.29) is 6.61 Å². The van der Waals surface area contributed by atoms with Gasteiger partial charge in [-0.05, 0) is 49.7 Å². The van der Waals surface area contributed by atoms with Crippen LogP contribution in [0.4, 0.5) is 13.2 Å². The zero-order valence-electron chi connectivity index (χ0n) is 21.2. The predicted molar refractivity (Wildman–Crippen MR) is 136 cm³/mol. The smallest absolute Gasteiger partial charge is 0.416 e. The van der Waals surface area contributed by atoms with E-state index in [4.69, 9.17) is 18.7 Å². The Morgan fingerprint density at radius 2 is 1.87 bits per heavy atom. The number of carbonyl (C=O) groups excluding carboxylic acids is 1. The van der Waals surface area contributed by atoms with E-state index >= 15 is 0 Å². The second-order valence-corrected chi connectivity index (χ2v) is 9.76. The van der Waals surface area contributed by atoms with Crippen molar-refractivity contribution in [2.24, 2.45) is 0 Å². The molecule has 38 heavy (non-hydrogen) atoms. The van der Waals surface area contributed by atoms with Gasteiger partial charge in [0.15, 0.2) is 12.4 Å². The number of carbonyl (C=O) groups is 1. The molecule has 0 radical (unpaired) electrons. The van der Waals surface area contributed by atoms with Gasteiger partial charge in [0.1, 0.15) is 5.75 Å². The molecule has 1 fully saturated rings.